The molecular weight excluding hydrogens is 581 g/mol. The van der Waals surface area contributed by atoms with Gasteiger partial charge in [0.25, 0.3) is 0 Å². The minimum Gasteiger partial charge on any atom is -0.542 e. The maximum atomic E-state index is 12.9. The van der Waals surface area contributed by atoms with Gasteiger partial charge in [-0.25, -0.2) is 0 Å². The molecule has 0 saturated carbocycles. The second-order valence-electron chi connectivity index (χ2n) is 9.45. The predicted molar refractivity (Wildman–Crippen MR) is 149 cm³/mol. The summed E-state index contributed by atoms with van der Waals surface area (Å²) >= 11 is 0. The Hall–Kier alpha value is -2.32. The molecule has 0 radical (unpaired) electrons. The van der Waals surface area contributed by atoms with Crippen molar-refractivity contribution in [3.63, 3.8) is 0 Å². The van der Waals surface area contributed by atoms with Crippen LogP contribution in [0, 0.1) is 5.92 Å². The molecule has 0 bridgehead atoms. The Morgan fingerprint density at radius 1 is 0.795 bits per heavy atom. The summed E-state index contributed by atoms with van der Waals surface area (Å²) in [5.74, 6) is -0.777. The second-order valence-corrected chi connectivity index (χ2v) is 9.45. The molecule has 15 heteroatoms. The van der Waals surface area contributed by atoms with Gasteiger partial charge in [0.2, 0.25) is 17.7 Å². The summed E-state index contributed by atoms with van der Waals surface area (Å²) in [4.78, 5) is 56.6. The van der Waals surface area contributed by atoms with Gasteiger partial charge in [0, 0.05) is 57.0 Å². The van der Waals surface area contributed by atoms with Crippen molar-refractivity contribution in [2.24, 2.45) is 38.8 Å². The van der Waals surface area contributed by atoms with E-state index in [0.29, 0.717) is 51.7 Å². The van der Waals surface area contributed by atoms with Crippen LogP contribution in [0.3, 0.4) is 0 Å². The topological polar surface area (TPSA) is 245 Å². The average molecular weight is 629 g/mol. The molecule has 0 aromatic rings. The van der Waals surface area contributed by atoms with Gasteiger partial charge >= 0.3 is 32.7 Å². The fourth-order valence-electron chi connectivity index (χ4n) is 3.61. The van der Waals surface area contributed by atoms with Crippen LogP contribution in [-0.2, 0) is 51.9 Å². The van der Waals surface area contributed by atoms with Gasteiger partial charge in [0.1, 0.15) is 0 Å². The van der Waals surface area contributed by atoms with Crippen LogP contribution in [0.2, 0.25) is 0 Å². The van der Waals surface area contributed by atoms with Crippen LogP contribution in [0.5, 0.6) is 0 Å². The first-order valence-electron chi connectivity index (χ1n) is 13.0. The number of hydrogen-bond acceptors (Lipinski definition) is 7. The van der Waals surface area contributed by atoms with Crippen molar-refractivity contribution in [2.75, 3.05) is 26.7 Å². The number of nitrogens with two attached hydrogens (primary N) is 4. The van der Waals surface area contributed by atoms with E-state index >= 15 is 0 Å². The van der Waals surface area contributed by atoms with Gasteiger partial charge in [-0.05, 0) is 38.6 Å². The van der Waals surface area contributed by atoms with Gasteiger partial charge in [-0.1, -0.05) is 13.8 Å². The smallest absolute Gasteiger partial charge is 0.542 e. The van der Waals surface area contributed by atoms with Crippen molar-refractivity contribution >= 4 is 35.9 Å². The zero-order valence-corrected chi connectivity index (χ0v) is 26.3. The van der Waals surface area contributed by atoms with Gasteiger partial charge in [-0.3, -0.25) is 30.7 Å². The van der Waals surface area contributed by atoms with Crippen LogP contribution in [0.4, 0.5) is 0 Å². The quantitative estimate of drug-likeness (QED) is 0.0305. The van der Waals surface area contributed by atoms with E-state index in [1.807, 2.05) is 20.1 Å². The fourth-order valence-corrected chi connectivity index (χ4v) is 3.61. The normalized spacial score (nSPS) is 12.7. The van der Waals surface area contributed by atoms with Gasteiger partial charge in [-0.15, -0.1) is 6.42 Å². The largest absolute Gasteiger partial charge is 3.00 e. The molecule has 0 aromatic heterocycles. The molecule has 218 valence electrons. The minimum absolute atomic E-state index is 0. The molecule has 0 spiro atoms. The predicted octanol–water partition coefficient (Wildman–Crippen LogP) is -1.91. The number of carbonyl (C=O) groups is 3. The Morgan fingerprint density at radius 2 is 1.31 bits per heavy atom. The molecular formula is C24H47N10O4Y+2. The molecule has 0 heterocycles. The van der Waals surface area contributed by atoms with Gasteiger partial charge in [0.15, 0.2) is 11.9 Å². The zero-order valence-electron chi connectivity index (χ0n) is 23.5. The monoisotopic (exact) mass is 628 g/mol. The molecule has 0 rings (SSSR count). The van der Waals surface area contributed by atoms with E-state index in [4.69, 9.17) is 22.9 Å². The molecule has 0 aliphatic carbocycles. The van der Waals surface area contributed by atoms with Crippen LogP contribution in [0.25, 0.3) is 0 Å². The second kappa shape index (κ2) is 23.6. The third kappa shape index (κ3) is 22.2. The van der Waals surface area contributed by atoms with Crippen molar-refractivity contribution in [1.29, 1.82) is 0 Å². The molecule has 3 unspecified atom stereocenters. The van der Waals surface area contributed by atoms with Crippen molar-refractivity contribution < 1.29 is 51.9 Å². The summed E-state index contributed by atoms with van der Waals surface area (Å²) in [7, 11) is 1.76. The first-order valence-corrected chi connectivity index (χ1v) is 13.0. The molecule has 0 aliphatic heterocycles. The molecule has 3 atom stereocenters. The van der Waals surface area contributed by atoms with Crippen LogP contribution < -0.4 is 44.2 Å². The summed E-state index contributed by atoms with van der Waals surface area (Å²) in [6.07, 6.45) is 4.27. The molecule has 0 fully saturated rings. The van der Waals surface area contributed by atoms with Gasteiger partial charge in [-0.2, -0.15) is 0 Å². The van der Waals surface area contributed by atoms with E-state index in [2.05, 4.69) is 31.3 Å². The number of aliphatic imine (C=N–C) groups is 2. The number of hydrogen-bond donors (Lipinski definition) is 8. The van der Waals surface area contributed by atoms with Crippen LogP contribution in [-0.4, -0.2) is 80.7 Å². The van der Waals surface area contributed by atoms with Crippen LogP contribution >= 0.6 is 0 Å². The number of nitrogens with one attached hydrogen (secondary N) is 4. The first-order chi connectivity index (χ1) is 18.0. The van der Waals surface area contributed by atoms with E-state index in [1.54, 1.807) is 7.05 Å². The van der Waals surface area contributed by atoms with Crippen molar-refractivity contribution in [3.8, 4) is 0 Å². The first kappa shape index (κ1) is 38.8. The summed E-state index contributed by atoms with van der Waals surface area (Å²) < 4.78 is 0. The van der Waals surface area contributed by atoms with Crippen molar-refractivity contribution in [2.45, 2.75) is 83.3 Å². The minimum atomic E-state index is -0.494. The summed E-state index contributed by atoms with van der Waals surface area (Å²) in [5.41, 5.74) is 21.4. The Kier molecular flexibility index (Phi) is 23.5. The number of rotatable bonds is 21. The summed E-state index contributed by atoms with van der Waals surface area (Å²) in [6, 6.07) is -1.27. The van der Waals surface area contributed by atoms with Crippen LogP contribution in [0.1, 0.15) is 65.2 Å². The molecule has 14 nitrogen and oxygen atoms in total. The standard InChI is InChI=1S/C24H47N10O4.Y/c1-16(2)19(34-20(36)8-12-29-3)15-22(38)33-18(7-5-11-31-24(27)28)14-21(37)32-17(9-13-35)6-4-10-30-23(25)26;/h16-19,29H,4-12,14-15H2,1-3H3,(H,32,37)(H,33,38)(H,34,36)(H4,25,26,30)(H4,27,28,31);/q-1;+3. The maximum Gasteiger partial charge on any atom is 3.00 e. The third-order valence-corrected chi connectivity index (χ3v) is 5.66. The average Bonchev–Trinajstić information content (AvgIpc) is 2.82. The van der Waals surface area contributed by atoms with E-state index in [1.165, 1.54) is 0 Å². The number of carbonyl (C=O) groups excluding carboxylic acids is 4. The van der Waals surface area contributed by atoms with E-state index in [9.17, 15) is 19.2 Å². The number of nitrogens with zero attached hydrogens (tertiary/aromatic N) is 2. The molecule has 0 saturated heterocycles. The zero-order chi connectivity index (χ0) is 28.9. The van der Waals surface area contributed by atoms with E-state index in [-0.39, 0.29) is 93.6 Å². The summed E-state index contributed by atoms with van der Waals surface area (Å²) in [5, 5.41) is 11.6. The molecule has 3 amide bonds. The molecule has 0 aliphatic rings. The van der Waals surface area contributed by atoms with Crippen molar-refractivity contribution in [1.82, 2.24) is 21.3 Å². The fraction of sp³-hybridized carbons (Fsp3) is 0.750. The Morgan fingerprint density at radius 3 is 1.79 bits per heavy atom. The maximum absolute atomic E-state index is 12.9. The van der Waals surface area contributed by atoms with Crippen LogP contribution in [0.15, 0.2) is 9.98 Å². The number of amides is 3. The van der Waals surface area contributed by atoms with Gasteiger partial charge < -0.3 is 49.0 Å². The Balaban J connectivity index is 0. The SMILES string of the molecule is CNCCC(=O)NC(CC(=O)NC(CCCN=C(N)N)CC(=O)NC(C[C-]=O)CCCN=C(N)N)C(C)C.[Y+3]. The van der Waals surface area contributed by atoms with E-state index in [0.717, 1.165) is 0 Å². The Bertz CT molecular complexity index is 787. The molecule has 39 heavy (non-hydrogen) atoms. The number of guanidine groups is 2. The molecule has 0 aromatic carbocycles. The molecule has 12 N–H and O–H groups in total. The third-order valence-electron chi connectivity index (χ3n) is 5.66. The Labute approximate surface area is 257 Å². The summed E-state index contributed by atoms with van der Waals surface area (Å²) in [6.45, 7) is 5.11. The van der Waals surface area contributed by atoms with Gasteiger partial charge in [0.05, 0.1) is 0 Å². The van der Waals surface area contributed by atoms with Crippen molar-refractivity contribution in [3.05, 3.63) is 0 Å². The van der Waals surface area contributed by atoms with E-state index < -0.39 is 12.1 Å².